The van der Waals surface area contributed by atoms with Gasteiger partial charge in [-0.15, -0.1) is 0 Å². The summed E-state index contributed by atoms with van der Waals surface area (Å²) in [5.41, 5.74) is 0.826. The quantitative estimate of drug-likeness (QED) is 0.923. The molecule has 1 atom stereocenters. The average Bonchev–Trinajstić information content (AvgIpc) is 3.14. The maximum Gasteiger partial charge on any atom is 0.229 e. The molecule has 0 spiro atoms. The fraction of sp³-hybridized carbons (Fsp3) is 0.385. The van der Waals surface area contributed by atoms with E-state index in [0.29, 0.717) is 29.1 Å². The SMILES string of the molecule is OC(Cc1nc(-c2ccc(Cl)c(Br)c2)no1)C1CC1. The van der Waals surface area contributed by atoms with E-state index in [1.165, 1.54) is 0 Å². The molecule has 0 aliphatic heterocycles. The molecule has 0 amide bonds. The highest BCUT2D eigenvalue weighted by atomic mass is 79.9. The Morgan fingerprint density at radius 2 is 2.26 bits per heavy atom. The molecule has 4 nitrogen and oxygen atoms in total. The second-order valence-corrected chi connectivity index (χ2v) is 6.01. The van der Waals surface area contributed by atoms with Crippen LogP contribution in [0.3, 0.4) is 0 Å². The maximum atomic E-state index is 9.85. The highest BCUT2D eigenvalue weighted by Gasteiger charge is 2.31. The number of nitrogens with zero attached hydrogens (tertiary/aromatic N) is 2. The van der Waals surface area contributed by atoms with Crippen LogP contribution >= 0.6 is 27.5 Å². The molecule has 1 aliphatic carbocycles. The van der Waals surface area contributed by atoms with Gasteiger partial charge in [-0.05, 0) is 52.9 Å². The van der Waals surface area contributed by atoms with E-state index in [4.69, 9.17) is 16.1 Å². The van der Waals surface area contributed by atoms with Gasteiger partial charge in [0.25, 0.3) is 0 Å². The Morgan fingerprint density at radius 3 is 2.95 bits per heavy atom. The van der Waals surface area contributed by atoms with E-state index in [0.717, 1.165) is 22.9 Å². The molecule has 19 heavy (non-hydrogen) atoms. The second-order valence-electron chi connectivity index (χ2n) is 4.75. The molecule has 0 radical (unpaired) electrons. The minimum absolute atomic E-state index is 0.370. The van der Waals surface area contributed by atoms with Gasteiger partial charge < -0.3 is 9.63 Å². The predicted octanol–water partition coefficient (Wildman–Crippen LogP) is 3.47. The molecule has 1 aromatic heterocycles. The van der Waals surface area contributed by atoms with Crippen molar-refractivity contribution in [3.05, 3.63) is 33.6 Å². The minimum Gasteiger partial charge on any atom is -0.392 e. The van der Waals surface area contributed by atoms with Crippen LogP contribution in [0.15, 0.2) is 27.2 Å². The van der Waals surface area contributed by atoms with Gasteiger partial charge in [-0.25, -0.2) is 0 Å². The summed E-state index contributed by atoms with van der Waals surface area (Å²) in [6.07, 6.45) is 2.23. The van der Waals surface area contributed by atoms with Crippen LogP contribution in [0.25, 0.3) is 11.4 Å². The first kappa shape index (κ1) is 13.1. The van der Waals surface area contributed by atoms with E-state index < -0.39 is 0 Å². The van der Waals surface area contributed by atoms with E-state index >= 15 is 0 Å². The number of hydrogen-bond donors (Lipinski definition) is 1. The van der Waals surface area contributed by atoms with Crippen molar-refractivity contribution in [2.45, 2.75) is 25.4 Å². The number of aliphatic hydroxyl groups excluding tert-OH is 1. The summed E-state index contributed by atoms with van der Waals surface area (Å²) >= 11 is 9.30. The molecule has 1 unspecified atom stereocenters. The van der Waals surface area contributed by atoms with Crippen molar-refractivity contribution in [2.75, 3.05) is 0 Å². The molecular formula is C13H12BrClN2O2. The third-order valence-corrected chi connectivity index (χ3v) is 4.41. The van der Waals surface area contributed by atoms with Crippen molar-refractivity contribution in [2.24, 2.45) is 5.92 Å². The van der Waals surface area contributed by atoms with Crippen LogP contribution in [-0.4, -0.2) is 21.4 Å². The monoisotopic (exact) mass is 342 g/mol. The number of rotatable bonds is 4. The van der Waals surface area contributed by atoms with Crippen molar-refractivity contribution < 1.29 is 9.63 Å². The van der Waals surface area contributed by atoms with Crippen molar-refractivity contribution in [3.63, 3.8) is 0 Å². The van der Waals surface area contributed by atoms with Crippen LogP contribution in [0.5, 0.6) is 0 Å². The molecular weight excluding hydrogens is 332 g/mol. The first-order valence-corrected chi connectivity index (χ1v) is 7.26. The predicted molar refractivity (Wildman–Crippen MR) is 74.9 cm³/mol. The molecule has 1 aromatic carbocycles. The Labute approximate surface area is 123 Å². The number of benzene rings is 1. The Hall–Kier alpha value is -0.910. The zero-order valence-electron chi connectivity index (χ0n) is 10.0. The summed E-state index contributed by atoms with van der Waals surface area (Å²) in [7, 11) is 0. The van der Waals surface area contributed by atoms with Crippen molar-refractivity contribution in [1.29, 1.82) is 0 Å². The fourth-order valence-electron chi connectivity index (χ4n) is 1.92. The van der Waals surface area contributed by atoms with Gasteiger partial charge in [0.15, 0.2) is 0 Å². The summed E-state index contributed by atoms with van der Waals surface area (Å²) in [4.78, 5) is 4.30. The largest absolute Gasteiger partial charge is 0.392 e. The van der Waals surface area contributed by atoms with Crippen LogP contribution in [0.4, 0.5) is 0 Å². The Balaban J connectivity index is 1.77. The molecule has 3 rings (SSSR count). The molecule has 1 aliphatic rings. The summed E-state index contributed by atoms with van der Waals surface area (Å²) in [6, 6.07) is 5.45. The molecule has 0 saturated heterocycles. The summed E-state index contributed by atoms with van der Waals surface area (Å²) < 4.78 is 5.96. The van der Waals surface area contributed by atoms with Gasteiger partial charge in [0.2, 0.25) is 11.7 Å². The van der Waals surface area contributed by atoms with Crippen LogP contribution in [0.1, 0.15) is 18.7 Å². The van der Waals surface area contributed by atoms with E-state index in [9.17, 15) is 5.11 Å². The van der Waals surface area contributed by atoms with Gasteiger partial charge in [0.05, 0.1) is 17.5 Å². The number of aliphatic hydroxyl groups is 1. The topological polar surface area (TPSA) is 59.2 Å². The Bertz CT molecular complexity index is 598. The van der Waals surface area contributed by atoms with Gasteiger partial charge in [-0.2, -0.15) is 4.98 Å². The van der Waals surface area contributed by atoms with E-state index in [1.54, 1.807) is 6.07 Å². The average molecular weight is 344 g/mol. The highest BCUT2D eigenvalue weighted by molar-refractivity contribution is 9.10. The lowest BCUT2D eigenvalue weighted by atomic mass is 10.1. The van der Waals surface area contributed by atoms with Gasteiger partial charge in [-0.3, -0.25) is 0 Å². The summed E-state index contributed by atoms with van der Waals surface area (Å²) in [6.45, 7) is 0. The molecule has 100 valence electrons. The van der Waals surface area contributed by atoms with Gasteiger partial charge in [-0.1, -0.05) is 16.8 Å². The molecule has 1 fully saturated rings. The van der Waals surface area contributed by atoms with Crippen LogP contribution < -0.4 is 0 Å². The third-order valence-electron chi connectivity index (χ3n) is 3.20. The van der Waals surface area contributed by atoms with Crippen LogP contribution in [0.2, 0.25) is 5.02 Å². The van der Waals surface area contributed by atoms with Gasteiger partial charge in [0, 0.05) is 10.0 Å². The zero-order chi connectivity index (χ0) is 13.4. The second kappa shape index (κ2) is 5.23. The Morgan fingerprint density at radius 1 is 1.47 bits per heavy atom. The fourth-order valence-corrected chi connectivity index (χ4v) is 2.41. The lowest BCUT2D eigenvalue weighted by Gasteiger charge is -2.03. The van der Waals surface area contributed by atoms with Crippen LogP contribution in [0, 0.1) is 5.92 Å². The number of hydrogen-bond acceptors (Lipinski definition) is 4. The highest BCUT2D eigenvalue weighted by Crippen LogP contribution is 2.34. The first-order chi connectivity index (χ1) is 9.13. The van der Waals surface area contributed by atoms with Crippen molar-refractivity contribution >= 4 is 27.5 Å². The molecule has 1 heterocycles. The van der Waals surface area contributed by atoms with Gasteiger partial charge >= 0.3 is 0 Å². The van der Waals surface area contributed by atoms with E-state index in [-0.39, 0.29) is 6.10 Å². The van der Waals surface area contributed by atoms with Crippen LogP contribution in [-0.2, 0) is 6.42 Å². The standard InChI is InChI=1S/C13H12BrClN2O2/c14-9-5-8(3-4-10(9)15)13-16-12(19-17-13)6-11(18)7-1-2-7/h3-5,7,11,18H,1-2,6H2. The number of halogens is 2. The molecule has 6 heteroatoms. The lowest BCUT2D eigenvalue weighted by Crippen LogP contribution is -2.12. The van der Waals surface area contributed by atoms with Crippen molar-refractivity contribution in [1.82, 2.24) is 10.1 Å². The summed E-state index contributed by atoms with van der Waals surface area (Å²) in [5, 5.41) is 14.4. The van der Waals surface area contributed by atoms with E-state index in [2.05, 4.69) is 26.1 Å². The summed E-state index contributed by atoms with van der Waals surface area (Å²) in [5.74, 6) is 1.39. The normalized spacial score (nSPS) is 16.6. The number of aromatic nitrogens is 2. The maximum absolute atomic E-state index is 9.85. The third kappa shape index (κ3) is 2.99. The van der Waals surface area contributed by atoms with E-state index in [1.807, 2.05) is 12.1 Å². The van der Waals surface area contributed by atoms with Crippen molar-refractivity contribution in [3.8, 4) is 11.4 Å². The molecule has 0 bridgehead atoms. The minimum atomic E-state index is -0.370. The Kier molecular flexibility index (Phi) is 3.60. The molecule has 2 aromatic rings. The first-order valence-electron chi connectivity index (χ1n) is 6.09. The lowest BCUT2D eigenvalue weighted by molar-refractivity contribution is 0.140. The smallest absolute Gasteiger partial charge is 0.229 e. The van der Waals surface area contributed by atoms with Gasteiger partial charge in [0.1, 0.15) is 0 Å². The molecule has 1 N–H and O–H groups in total. The zero-order valence-corrected chi connectivity index (χ0v) is 12.4. The molecule has 1 saturated carbocycles.